The van der Waals surface area contributed by atoms with Crippen LogP contribution in [0.15, 0.2) is 11.0 Å². The zero-order valence-corrected chi connectivity index (χ0v) is 11.9. The standard InChI is InChI=1S/C12H16N4O5/c1-6(17)14-11-13-4-7(9(18)16-11)15-10(19)8-5-20-12(2,3)21-8/h4,8H,5H2,1-3H3,(H,15,19)(H2,13,14,16,17,18)/t8-/m1/s1. The molecular formula is C12H16N4O5. The lowest BCUT2D eigenvalue weighted by Crippen LogP contribution is -2.33. The Morgan fingerprint density at radius 3 is 2.67 bits per heavy atom. The van der Waals surface area contributed by atoms with Gasteiger partial charge in [-0.2, -0.15) is 0 Å². The zero-order chi connectivity index (χ0) is 15.6. The molecule has 9 heteroatoms. The minimum atomic E-state index is -0.831. The number of rotatable bonds is 3. The number of aromatic nitrogens is 2. The van der Waals surface area contributed by atoms with Gasteiger partial charge in [-0.15, -0.1) is 0 Å². The zero-order valence-electron chi connectivity index (χ0n) is 11.9. The first-order valence-electron chi connectivity index (χ1n) is 6.26. The Labute approximate surface area is 120 Å². The van der Waals surface area contributed by atoms with E-state index >= 15 is 0 Å². The van der Waals surface area contributed by atoms with Crippen molar-refractivity contribution in [3.63, 3.8) is 0 Å². The predicted octanol–water partition coefficient (Wildman–Crippen LogP) is -0.182. The average molecular weight is 296 g/mol. The third-order valence-corrected chi connectivity index (χ3v) is 2.65. The summed E-state index contributed by atoms with van der Waals surface area (Å²) >= 11 is 0. The fourth-order valence-electron chi connectivity index (χ4n) is 1.74. The molecule has 1 aliphatic rings. The normalized spacial score (nSPS) is 20.0. The molecule has 2 heterocycles. The fourth-order valence-corrected chi connectivity index (χ4v) is 1.74. The van der Waals surface area contributed by atoms with E-state index in [2.05, 4.69) is 20.6 Å². The molecule has 2 amide bonds. The Kier molecular flexibility index (Phi) is 4.05. The molecule has 1 aromatic rings. The highest BCUT2D eigenvalue weighted by molar-refractivity contribution is 5.94. The van der Waals surface area contributed by atoms with Gasteiger partial charge in [0.2, 0.25) is 11.9 Å². The molecule has 1 saturated heterocycles. The lowest BCUT2D eigenvalue weighted by atomic mass is 10.3. The SMILES string of the molecule is CC(=O)Nc1ncc(NC(=O)[C@H]2COC(C)(C)O2)c(=O)[nH]1. The maximum atomic E-state index is 12.0. The van der Waals surface area contributed by atoms with Crippen LogP contribution < -0.4 is 16.2 Å². The number of amides is 2. The van der Waals surface area contributed by atoms with Crippen LogP contribution in [0.5, 0.6) is 0 Å². The Bertz CT molecular complexity index is 624. The minimum absolute atomic E-state index is 0.00656. The number of hydrogen-bond acceptors (Lipinski definition) is 6. The van der Waals surface area contributed by atoms with Crippen LogP contribution in [0, 0.1) is 0 Å². The minimum Gasteiger partial charge on any atom is -0.347 e. The number of aromatic amines is 1. The smallest absolute Gasteiger partial charge is 0.276 e. The fraction of sp³-hybridized carbons (Fsp3) is 0.500. The summed E-state index contributed by atoms with van der Waals surface area (Å²) in [5.41, 5.74) is -0.623. The number of ether oxygens (including phenoxy) is 2. The van der Waals surface area contributed by atoms with Crippen LogP contribution in [0.2, 0.25) is 0 Å². The van der Waals surface area contributed by atoms with Crippen molar-refractivity contribution in [3.8, 4) is 0 Å². The molecular weight excluding hydrogens is 280 g/mol. The molecule has 0 saturated carbocycles. The summed E-state index contributed by atoms with van der Waals surface area (Å²) in [5.74, 6) is -1.69. The molecule has 0 spiro atoms. The molecule has 2 rings (SSSR count). The summed E-state index contributed by atoms with van der Waals surface area (Å²) in [7, 11) is 0. The second kappa shape index (κ2) is 5.62. The van der Waals surface area contributed by atoms with Gasteiger partial charge in [-0.05, 0) is 13.8 Å². The summed E-state index contributed by atoms with van der Waals surface area (Å²) in [4.78, 5) is 40.7. The second-order valence-electron chi connectivity index (χ2n) is 4.96. The Morgan fingerprint density at radius 1 is 1.43 bits per heavy atom. The average Bonchev–Trinajstić information content (AvgIpc) is 2.72. The van der Waals surface area contributed by atoms with Crippen LogP contribution in [0.25, 0.3) is 0 Å². The number of hydrogen-bond donors (Lipinski definition) is 3. The molecule has 9 nitrogen and oxygen atoms in total. The largest absolute Gasteiger partial charge is 0.347 e. The molecule has 0 aromatic carbocycles. The van der Waals surface area contributed by atoms with Gasteiger partial charge in [0.1, 0.15) is 5.69 Å². The van der Waals surface area contributed by atoms with Crippen LogP contribution in [0.3, 0.4) is 0 Å². The van der Waals surface area contributed by atoms with E-state index in [9.17, 15) is 14.4 Å². The predicted molar refractivity (Wildman–Crippen MR) is 72.7 cm³/mol. The van der Waals surface area contributed by atoms with Gasteiger partial charge in [0.25, 0.3) is 11.5 Å². The molecule has 0 radical (unpaired) electrons. The highest BCUT2D eigenvalue weighted by Gasteiger charge is 2.37. The molecule has 1 aliphatic heterocycles. The topological polar surface area (TPSA) is 122 Å². The van der Waals surface area contributed by atoms with Crippen molar-refractivity contribution in [2.45, 2.75) is 32.7 Å². The first-order valence-corrected chi connectivity index (χ1v) is 6.26. The molecule has 0 aliphatic carbocycles. The number of carbonyl (C=O) groups excluding carboxylic acids is 2. The van der Waals surface area contributed by atoms with Gasteiger partial charge in [-0.3, -0.25) is 24.7 Å². The summed E-state index contributed by atoms with van der Waals surface area (Å²) in [6.07, 6.45) is 0.359. The molecule has 21 heavy (non-hydrogen) atoms. The van der Waals surface area contributed by atoms with E-state index < -0.39 is 23.4 Å². The van der Waals surface area contributed by atoms with Crippen LogP contribution in [-0.4, -0.2) is 40.3 Å². The van der Waals surface area contributed by atoms with Gasteiger partial charge < -0.3 is 14.8 Å². The van der Waals surface area contributed by atoms with Gasteiger partial charge in [-0.25, -0.2) is 4.98 Å². The number of carbonyl (C=O) groups is 2. The highest BCUT2D eigenvalue weighted by atomic mass is 16.7. The molecule has 1 aromatic heterocycles. The lowest BCUT2D eigenvalue weighted by Gasteiger charge is -2.16. The number of nitrogens with zero attached hydrogens (tertiary/aromatic N) is 1. The van der Waals surface area contributed by atoms with E-state index in [4.69, 9.17) is 9.47 Å². The first-order chi connectivity index (χ1) is 9.77. The van der Waals surface area contributed by atoms with Crippen LogP contribution in [0.1, 0.15) is 20.8 Å². The van der Waals surface area contributed by atoms with E-state index in [1.165, 1.54) is 6.92 Å². The highest BCUT2D eigenvalue weighted by Crippen LogP contribution is 2.22. The summed E-state index contributed by atoms with van der Waals surface area (Å²) in [5, 5.41) is 4.74. The van der Waals surface area contributed by atoms with E-state index in [0.717, 1.165) is 6.20 Å². The van der Waals surface area contributed by atoms with Crippen LogP contribution >= 0.6 is 0 Å². The van der Waals surface area contributed by atoms with E-state index in [0.29, 0.717) is 0 Å². The van der Waals surface area contributed by atoms with E-state index in [1.807, 2.05) is 0 Å². The van der Waals surface area contributed by atoms with Gasteiger partial charge >= 0.3 is 0 Å². The van der Waals surface area contributed by atoms with Crippen molar-refractivity contribution < 1.29 is 19.1 Å². The molecule has 0 bridgehead atoms. The van der Waals surface area contributed by atoms with Crippen LogP contribution in [0.4, 0.5) is 11.6 Å². The van der Waals surface area contributed by atoms with Gasteiger partial charge in [-0.1, -0.05) is 0 Å². The lowest BCUT2D eigenvalue weighted by molar-refractivity contribution is -0.150. The van der Waals surface area contributed by atoms with Crippen molar-refractivity contribution in [3.05, 3.63) is 16.6 Å². The van der Waals surface area contributed by atoms with Crippen molar-refractivity contribution in [1.82, 2.24) is 9.97 Å². The van der Waals surface area contributed by atoms with E-state index in [1.54, 1.807) is 13.8 Å². The molecule has 1 atom stereocenters. The summed E-state index contributed by atoms with van der Waals surface area (Å²) in [6.45, 7) is 4.77. The maximum absolute atomic E-state index is 12.0. The summed E-state index contributed by atoms with van der Waals surface area (Å²) in [6, 6.07) is 0. The Morgan fingerprint density at radius 2 is 2.14 bits per heavy atom. The molecule has 0 unspecified atom stereocenters. The molecule has 114 valence electrons. The summed E-state index contributed by atoms with van der Waals surface area (Å²) < 4.78 is 10.6. The van der Waals surface area contributed by atoms with Gasteiger partial charge in [0.05, 0.1) is 12.8 Å². The maximum Gasteiger partial charge on any atom is 0.276 e. The van der Waals surface area contributed by atoms with Crippen molar-refractivity contribution in [1.29, 1.82) is 0 Å². The Balaban J connectivity index is 2.05. The number of anilines is 2. The van der Waals surface area contributed by atoms with Crippen molar-refractivity contribution in [2.24, 2.45) is 0 Å². The molecule has 1 fully saturated rings. The second-order valence-corrected chi connectivity index (χ2v) is 4.96. The Hall–Kier alpha value is -2.26. The van der Waals surface area contributed by atoms with Gasteiger partial charge in [0, 0.05) is 6.92 Å². The quantitative estimate of drug-likeness (QED) is 0.711. The number of nitrogens with one attached hydrogen (secondary N) is 3. The molecule has 3 N–H and O–H groups in total. The third-order valence-electron chi connectivity index (χ3n) is 2.65. The first kappa shape index (κ1) is 15.1. The van der Waals surface area contributed by atoms with Crippen molar-refractivity contribution in [2.75, 3.05) is 17.2 Å². The number of H-pyrrole nitrogens is 1. The van der Waals surface area contributed by atoms with E-state index in [-0.39, 0.29) is 24.1 Å². The monoisotopic (exact) mass is 296 g/mol. The van der Waals surface area contributed by atoms with Crippen molar-refractivity contribution >= 4 is 23.5 Å². The van der Waals surface area contributed by atoms with Crippen LogP contribution in [-0.2, 0) is 19.1 Å². The van der Waals surface area contributed by atoms with Gasteiger partial charge in [0.15, 0.2) is 11.9 Å². The third kappa shape index (κ3) is 3.86.